The third kappa shape index (κ3) is 4.37. The van der Waals surface area contributed by atoms with E-state index in [0.29, 0.717) is 12.2 Å². The molecule has 0 unspecified atom stereocenters. The number of para-hydroxylation sites is 1. The van der Waals surface area contributed by atoms with E-state index in [1.54, 1.807) is 29.5 Å². The minimum atomic E-state index is -0.353. The molecule has 3 nitrogen and oxygen atoms in total. The summed E-state index contributed by atoms with van der Waals surface area (Å²) >= 11 is 1.67. The first-order valence-electron chi connectivity index (χ1n) is 6.03. The van der Waals surface area contributed by atoms with Crippen LogP contribution in [0.25, 0.3) is 0 Å². The summed E-state index contributed by atoms with van der Waals surface area (Å²) in [4.78, 5) is 12.8. The maximum absolute atomic E-state index is 13.3. The van der Waals surface area contributed by atoms with Crippen molar-refractivity contribution in [3.8, 4) is 0 Å². The molecular formula is C14H15FN2OS. The number of rotatable bonds is 6. The van der Waals surface area contributed by atoms with Crippen molar-refractivity contribution in [3.63, 3.8) is 0 Å². The molecule has 5 heteroatoms. The van der Waals surface area contributed by atoms with Gasteiger partial charge in [0.05, 0.1) is 12.2 Å². The minimum absolute atomic E-state index is 0.0748. The summed E-state index contributed by atoms with van der Waals surface area (Å²) in [5.41, 5.74) is 0.343. The van der Waals surface area contributed by atoms with E-state index in [2.05, 4.69) is 10.6 Å². The molecule has 2 N–H and O–H groups in total. The Labute approximate surface area is 115 Å². The maximum atomic E-state index is 13.3. The normalized spacial score (nSPS) is 10.2. The van der Waals surface area contributed by atoms with Crippen LogP contribution in [0.1, 0.15) is 4.88 Å². The van der Waals surface area contributed by atoms with E-state index in [4.69, 9.17) is 0 Å². The number of nitrogens with one attached hydrogen (secondary N) is 2. The van der Waals surface area contributed by atoms with Crippen LogP contribution in [0.4, 0.5) is 10.1 Å². The number of halogens is 1. The van der Waals surface area contributed by atoms with Gasteiger partial charge < -0.3 is 10.6 Å². The third-order valence-corrected chi connectivity index (χ3v) is 3.52. The molecule has 100 valence electrons. The Morgan fingerprint density at radius 3 is 2.79 bits per heavy atom. The van der Waals surface area contributed by atoms with Gasteiger partial charge in [0, 0.05) is 11.4 Å². The summed E-state index contributed by atoms with van der Waals surface area (Å²) < 4.78 is 13.3. The zero-order valence-electron chi connectivity index (χ0n) is 10.4. The first-order chi connectivity index (χ1) is 9.25. The molecule has 2 rings (SSSR count). The summed E-state index contributed by atoms with van der Waals surface area (Å²) in [6.07, 6.45) is 0.823. The van der Waals surface area contributed by atoms with Gasteiger partial charge in [-0.3, -0.25) is 4.79 Å². The molecule has 0 aliphatic heterocycles. The lowest BCUT2D eigenvalue weighted by molar-refractivity contribution is -0.119. The number of benzene rings is 1. The van der Waals surface area contributed by atoms with Crippen LogP contribution in [0.2, 0.25) is 0 Å². The Kier molecular flexibility index (Phi) is 4.92. The molecule has 1 amide bonds. The van der Waals surface area contributed by atoms with Crippen molar-refractivity contribution in [3.05, 3.63) is 52.5 Å². The fraction of sp³-hybridized carbons (Fsp3) is 0.214. The second-order valence-corrected chi connectivity index (χ2v) is 5.04. The van der Waals surface area contributed by atoms with Crippen LogP contribution in [0.5, 0.6) is 0 Å². The van der Waals surface area contributed by atoms with E-state index in [-0.39, 0.29) is 18.3 Å². The molecule has 1 aromatic carbocycles. The first kappa shape index (κ1) is 13.5. The van der Waals surface area contributed by atoms with E-state index >= 15 is 0 Å². The van der Waals surface area contributed by atoms with E-state index < -0.39 is 0 Å². The average Bonchev–Trinajstić information content (AvgIpc) is 2.91. The highest BCUT2D eigenvalue weighted by Crippen LogP contribution is 2.11. The van der Waals surface area contributed by atoms with Gasteiger partial charge in [0.1, 0.15) is 5.82 Å². The lowest BCUT2D eigenvalue weighted by Gasteiger charge is -2.08. The highest BCUT2D eigenvalue weighted by molar-refractivity contribution is 7.09. The summed E-state index contributed by atoms with van der Waals surface area (Å²) in [6.45, 7) is 0.670. The zero-order chi connectivity index (χ0) is 13.5. The molecule has 1 heterocycles. The smallest absolute Gasteiger partial charge is 0.239 e. The molecule has 0 aliphatic carbocycles. The number of amides is 1. The largest absolute Gasteiger partial charge is 0.374 e. The van der Waals surface area contributed by atoms with Gasteiger partial charge in [0.2, 0.25) is 5.91 Å². The maximum Gasteiger partial charge on any atom is 0.239 e. The standard InChI is InChI=1S/C14H15FN2OS/c15-12-5-1-2-6-13(12)17-10-14(18)16-8-7-11-4-3-9-19-11/h1-6,9,17H,7-8,10H2,(H,16,18). The fourth-order valence-electron chi connectivity index (χ4n) is 1.62. The van der Waals surface area contributed by atoms with Crippen LogP contribution in [-0.2, 0) is 11.2 Å². The molecule has 0 saturated carbocycles. The molecule has 0 aliphatic rings. The highest BCUT2D eigenvalue weighted by Gasteiger charge is 2.04. The highest BCUT2D eigenvalue weighted by atomic mass is 32.1. The van der Waals surface area contributed by atoms with Crippen molar-refractivity contribution < 1.29 is 9.18 Å². The number of hydrogen-bond donors (Lipinski definition) is 2. The van der Waals surface area contributed by atoms with Crippen LogP contribution in [0, 0.1) is 5.82 Å². The summed E-state index contributed by atoms with van der Waals surface area (Å²) in [5.74, 6) is -0.492. The first-order valence-corrected chi connectivity index (χ1v) is 6.91. The van der Waals surface area contributed by atoms with Crippen molar-refractivity contribution in [1.29, 1.82) is 0 Å². The number of carbonyl (C=O) groups is 1. The van der Waals surface area contributed by atoms with Crippen LogP contribution >= 0.6 is 11.3 Å². The third-order valence-electron chi connectivity index (χ3n) is 2.59. The number of anilines is 1. The zero-order valence-corrected chi connectivity index (χ0v) is 11.2. The van der Waals surface area contributed by atoms with Crippen molar-refractivity contribution >= 4 is 22.9 Å². The molecule has 2 aromatic rings. The summed E-state index contributed by atoms with van der Waals surface area (Å²) in [7, 11) is 0. The Hall–Kier alpha value is -1.88. The molecule has 0 fully saturated rings. The molecule has 0 bridgehead atoms. The molecular weight excluding hydrogens is 263 g/mol. The predicted molar refractivity (Wildman–Crippen MR) is 75.9 cm³/mol. The van der Waals surface area contributed by atoms with Crippen LogP contribution in [0.3, 0.4) is 0 Å². The van der Waals surface area contributed by atoms with Crippen molar-refractivity contribution in [2.45, 2.75) is 6.42 Å². The Morgan fingerprint density at radius 2 is 2.05 bits per heavy atom. The Bertz CT molecular complexity index is 528. The fourth-order valence-corrected chi connectivity index (χ4v) is 2.33. The molecule has 0 saturated heterocycles. The SMILES string of the molecule is O=C(CNc1ccccc1F)NCCc1cccs1. The van der Waals surface area contributed by atoms with E-state index in [1.807, 2.05) is 17.5 Å². The van der Waals surface area contributed by atoms with Crippen LogP contribution in [0.15, 0.2) is 41.8 Å². The van der Waals surface area contributed by atoms with Crippen LogP contribution < -0.4 is 10.6 Å². The van der Waals surface area contributed by atoms with Gasteiger partial charge >= 0.3 is 0 Å². The van der Waals surface area contributed by atoms with E-state index in [0.717, 1.165) is 6.42 Å². The van der Waals surface area contributed by atoms with Gasteiger partial charge in [-0.25, -0.2) is 4.39 Å². The Morgan fingerprint density at radius 1 is 1.21 bits per heavy atom. The predicted octanol–water partition coefficient (Wildman–Crippen LogP) is 2.66. The number of thiophene rings is 1. The van der Waals surface area contributed by atoms with Crippen LogP contribution in [-0.4, -0.2) is 19.0 Å². The van der Waals surface area contributed by atoms with Gasteiger partial charge in [-0.2, -0.15) is 0 Å². The topological polar surface area (TPSA) is 41.1 Å². The van der Waals surface area contributed by atoms with E-state index in [1.165, 1.54) is 10.9 Å². The minimum Gasteiger partial charge on any atom is -0.374 e. The van der Waals surface area contributed by atoms with Gasteiger partial charge in [0.15, 0.2) is 0 Å². The van der Waals surface area contributed by atoms with Crippen molar-refractivity contribution in [2.75, 3.05) is 18.4 Å². The second-order valence-electron chi connectivity index (χ2n) is 4.01. The van der Waals surface area contributed by atoms with E-state index in [9.17, 15) is 9.18 Å². The van der Waals surface area contributed by atoms with Gasteiger partial charge in [-0.05, 0) is 30.0 Å². The summed E-state index contributed by atoms with van der Waals surface area (Å²) in [6, 6.07) is 10.3. The van der Waals surface area contributed by atoms with Crippen molar-refractivity contribution in [2.24, 2.45) is 0 Å². The molecule has 0 spiro atoms. The van der Waals surface area contributed by atoms with Gasteiger partial charge in [-0.1, -0.05) is 18.2 Å². The lowest BCUT2D eigenvalue weighted by Crippen LogP contribution is -2.31. The van der Waals surface area contributed by atoms with Gasteiger partial charge in [0.25, 0.3) is 0 Å². The second kappa shape index (κ2) is 6.89. The summed E-state index contributed by atoms with van der Waals surface area (Å²) in [5, 5.41) is 7.58. The quantitative estimate of drug-likeness (QED) is 0.853. The average molecular weight is 278 g/mol. The van der Waals surface area contributed by atoms with Gasteiger partial charge in [-0.15, -0.1) is 11.3 Å². The number of hydrogen-bond acceptors (Lipinski definition) is 3. The molecule has 0 atom stereocenters. The molecule has 19 heavy (non-hydrogen) atoms. The Balaban J connectivity index is 1.69. The lowest BCUT2D eigenvalue weighted by atomic mass is 10.3. The monoisotopic (exact) mass is 278 g/mol. The van der Waals surface area contributed by atoms with Crippen molar-refractivity contribution in [1.82, 2.24) is 5.32 Å². The molecule has 0 radical (unpaired) electrons. The number of carbonyl (C=O) groups excluding carboxylic acids is 1. The molecule has 1 aromatic heterocycles.